The Balaban J connectivity index is 4.20. The minimum Gasteiger partial charge on any atom is -0.545 e. The minimum atomic E-state index is -1.63. The van der Waals surface area contributed by atoms with Crippen molar-refractivity contribution in [1.29, 1.82) is 0 Å². The number of hydrogen-bond acceptors (Lipinski definition) is 8. The van der Waals surface area contributed by atoms with E-state index in [-0.39, 0.29) is 38.6 Å². The second-order valence-electron chi connectivity index (χ2n) is 20.2. The molecule has 0 spiro atoms. The zero-order valence-electron chi connectivity index (χ0n) is 47.7. The fraction of sp³-hybridized carbons (Fsp3) is 0.646. The third-order valence-electron chi connectivity index (χ3n) is 11.9. The van der Waals surface area contributed by atoms with Crippen LogP contribution >= 0.6 is 0 Å². The first-order chi connectivity index (χ1) is 36.1. The molecule has 0 fully saturated rings. The lowest BCUT2D eigenvalue weighted by Gasteiger charge is -2.26. The Bertz CT molecular complexity index is 1620. The molecule has 0 aliphatic heterocycles. The summed E-state index contributed by atoms with van der Waals surface area (Å²) >= 11 is 0. The van der Waals surface area contributed by atoms with E-state index in [2.05, 4.69) is 135 Å². The van der Waals surface area contributed by atoms with Crippen LogP contribution in [-0.4, -0.2) is 82.3 Å². The van der Waals surface area contributed by atoms with Crippen molar-refractivity contribution in [3.63, 3.8) is 0 Å². The molecule has 0 bridgehead atoms. The molecule has 420 valence electrons. The minimum absolute atomic E-state index is 0.139. The summed E-state index contributed by atoms with van der Waals surface area (Å²) in [6.07, 6.45) is 73.9. The number of carbonyl (C=O) groups excluding carboxylic acids is 3. The number of esters is 2. The van der Waals surface area contributed by atoms with E-state index in [0.717, 1.165) is 128 Å². The van der Waals surface area contributed by atoms with Crippen molar-refractivity contribution in [2.24, 2.45) is 0 Å². The molecule has 0 amide bonds. The lowest BCUT2D eigenvalue weighted by molar-refractivity contribution is -0.870. The lowest BCUT2D eigenvalue weighted by atomic mass is 10.0. The molecule has 0 N–H and O–H groups in total. The number of allylic oxidation sites excluding steroid dienone is 20. The van der Waals surface area contributed by atoms with Gasteiger partial charge in [-0.2, -0.15) is 0 Å². The van der Waals surface area contributed by atoms with Crippen LogP contribution in [0.3, 0.4) is 0 Å². The average molecular weight is 1030 g/mol. The van der Waals surface area contributed by atoms with Crippen LogP contribution in [0.15, 0.2) is 122 Å². The summed E-state index contributed by atoms with van der Waals surface area (Å²) in [6, 6.07) is 0. The first-order valence-electron chi connectivity index (χ1n) is 29.2. The second-order valence-corrected chi connectivity index (χ2v) is 20.2. The number of carboxylic acid groups (broad SMARTS) is 1. The van der Waals surface area contributed by atoms with Crippen LogP contribution in [0.5, 0.6) is 0 Å². The van der Waals surface area contributed by atoms with Crippen molar-refractivity contribution in [3.05, 3.63) is 122 Å². The van der Waals surface area contributed by atoms with E-state index in [1.807, 2.05) is 21.1 Å². The second kappa shape index (κ2) is 54.9. The predicted octanol–water partition coefficient (Wildman–Crippen LogP) is 16.0. The molecule has 0 aromatic heterocycles. The molecule has 0 saturated heterocycles. The van der Waals surface area contributed by atoms with Crippen molar-refractivity contribution in [2.45, 2.75) is 225 Å². The number of hydrogen-bond donors (Lipinski definition) is 0. The summed E-state index contributed by atoms with van der Waals surface area (Å²) < 4.78 is 22.6. The van der Waals surface area contributed by atoms with E-state index >= 15 is 0 Å². The number of nitrogens with zero attached hydrogens (tertiary/aromatic N) is 1. The van der Waals surface area contributed by atoms with E-state index in [0.29, 0.717) is 17.4 Å². The number of rotatable bonds is 52. The Morgan fingerprint density at radius 1 is 0.419 bits per heavy atom. The molecule has 0 aromatic carbocycles. The Labute approximate surface area is 453 Å². The molecule has 0 aliphatic rings. The van der Waals surface area contributed by atoms with Crippen molar-refractivity contribution in [2.75, 3.05) is 47.5 Å². The molecule has 9 nitrogen and oxygen atoms in total. The monoisotopic (exact) mass is 1030 g/mol. The topological polar surface area (TPSA) is 111 Å². The maximum absolute atomic E-state index is 12.9. The molecule has 0 aromatic rings. The van der Waals surface area contributed by atoms with Gasteiger partial charge < -0.3 is 33.3 Å². The van der Waals surface area contributed by atoms with Gasteiger partial charge >= 0.3 is 11.9 Å². The van der Waals surface area contributed by atoms with Crippen molar-refractivity contribution in [3.8, 4) is 0 Å². The molecule has 74 heavy (non-hydrogen) atoms. The predicted molar refractivity (Wildman–Crippen MR) is 310 cm³/mol. The fourth-order valence-corrected chi connectivity index (χ4v) is 7.45. The fourth-order valence-electron chi connectivity index (χ4n) is 7.45. The molecule has 2 unspecified atom stereocenters. The number of likely N-dealkylation sites (N-methyl/N-ethyl adjacent to an activating group) is 1. The molecule has 9 heteroatoms. The third kappa shape index (κ3) is 55.4. The maximum Gasteiger partial charge on any atom is 0.306 e. The normalized spacial score (nSPS) is 13.7. The van der Waals surface area contributed by atoms with Crippen LogP contribution in [0.1, 0.15) is 213 Å². The summed E-state index contributed by atoms with van der Waals surface area (Å²) in [5.41, 5.74) is 0. The van der Waals surface area contributed by atoms with Gasteiger partial charge in [-0.15, -0.1) is 0 Å². The SMILES string of the molecule is CC/C=C\C/C=C\C/C=C\C/C=C\C/C=C\C/C=C\C/C=C\C/C=C\CCCCCCCCCCCCC(=O)OC(COC(=O)CCCCCCC/C=C\C/C=C\CCCC)COC(OCC[N+](C)(C)C)C(=O)[O-]. The van der Waals surface area contributed by atoms with Crippen LogP contribution in [0.2, 0.25) is 0 Å². The van der Waals surface area contributed by atoms with E-state index in [1.54, 1.807) is 0 Å². The van der Waals surface area contributed by atoms with Gasteiger partial charge in [-0.25, -0.2) is 0 Å². The molecule has 0 heterocycles. The maximum atomic E-state index is 12.9. The summed E-state index contributed by atoms with van der Waals surface area (Å²) in [5, 5.41) is 11.8. The summed E-state index contributed by atoms with van der Waals surface area (Å²) in [6.45, 7) is 4.55. The highest BCUT2D eigenvalue weighted by molar-refractivity contribution is 5.70. The van der Waals surface area contributed by atoms with E-state index in [1.165, 1.54) is 51.4 Å². The molecule has 0 aliphatic carbocycles. The Hall–Kier alpha value is -4.31. The van der Waals surface area contributed by atoms with Gasteiger partial charge in [0.2, 0.25) is 0 Å². The number of carboxylic acids is 1. The van der Waals surface area contributed by atoms with E-state index < -0.39 is 24.3 Å². The highest BCUT2D eigenvalue weighted by Gasteiger charge is 2.22. The average Bonchev–Trinajstić information content (AvgIpc) is 3.37. The van der Waals surface area contributed by atoms with Gasteiger partial charge in [0.25, 0.3) is 0 Å². The number of carbonyl (C=O) groups is 3. The quantitative estimate of drug-likeness (QED) is 0.0195. The van der Waals surface area contributed by atoms with Crippen LogP contribution in [0, 0.1) is 0 Å². The first kappa shape index (κ1) is 69.7. The van der Waals surface area contributed by atoms with E-state index in [9.17, 15) is 19.5 Å². The third-order valence-corrected chi connectivity index (χ3v) is 11.9. The van der Waals surface area contributed by atoms with E-state index in [4.69, 9.17) is 18.9 Å². The van der Waals surface area contributed by atoms with Crippen LogP contribution in [0.25, 0.3) is 0 Å². The lowest BCUT2D eigenvalue weighted by Crippen LogP contribution is -2.44. The smallest absolute Gasteiger partial charge is 0.306 e. The molecule has 0 saturated carbocycles. The van der Waals surface area contributed by atoms with Crippen molar-refractivity contribution < 1.29 is 42.9 Å². The zero-order chi connectivity index (χ0) is 54.1. The highest BCUT2D eigenvalue weighted by Crippen LogP contribution is 2.14. The highest BCUT2D eigenvalue weighted by atomic mass is 16.7. The molecule has 0 radical (unpaired) electrons. The summed E-state index contributed by atoms with van der Waals surface area (Å²) in [5.74, 6) is -2.32. The van der Waals surface area contributed by atoms with Crippen LogP contribution in [-0.2, 0) is 33.3 Å². The molecule has 0 rings (SSSR count). The van der Waals surface area contributed by atoms with Gasteiger partial charge in [0.15, 0.2) is 12.4 Å². The number of quaternary nitrogens is 1. The number of aliphatic carboxylic acids is 1. The Kier molecular flexibility index (Phi) is 51.7. The zero-order valence-corrected chi connectivity index (χ0v) is 47.7. The van der Waals surface area contributed by atoms with Gasteiger partial charge in [0, 0.05) is 12.8 Å². The van der Waals surface area contributed by atoms with Crippen LogP contribution < -0.4 is 5.11 Å². The van der Waals surface area contributed by atoms with Gasteiger partial charge in [-0.1, -0.05) is 219 Å². The Morgan fingerprint density at radius 2 is 0.770 bits per heavy atom. The van der Waals surface area contributed by atoms with Crippen molar-refractivity contribution >= 4 is 17.9 Å². The van der Waals surface area contributed by atoms with Gasteiger partial charge in [-0.3, -0.25) is 9.59 Å². The molecule has 2 atom stereocenters. The van der Waals surface area contributed by atoms with Gasteiger partial charge in [-0.05, 0) is 103 Å². The summed E-state index contributed by atoms with van der Waals surface area (Å²) in [7, 11) is 5.90. The first-order valence-corrected chi connectivity index (χ1v) is 29.2. The largest absolute Gasteiger partial charge is 0.545 e. The summed E-state index contributed by atoms with van der Waals surface area (Å²) in [4.78, 5) is 37.2. The van der Waals surface area contributed by atoms with Crippen LogP contribution in [0.4, 0.5) is 0 Å². The number of ether oxygens (including phenoxy) is 4. The van der Waals surface area contributed by atoms with Gasteiger partial charge in [0.05, 0.1) is 40.3 Å². The molecular weight excluding hydrogens is 923 g/mol. The van der Waals surface area contributed by atoms with Crippen molar-refractivity contribution in [1.82, 2.24) is 0 Å². The molecular formula is C65H107NO8. The Morgan fingerprint density at radius 3 is 1.15 bits per heavy atom. The van der Waals surface area contributed by atoms with Gasteiger partial charge in [0.1, 0.15) is 13.2 Å². The number of unbranched alkanes of at least 4 members (excludes halogenated alkanes) is 17. The standard InChI is InChI=1S/C65H107NO8/c1-6-8-10-12-14-16-18-20-22-23-24-25-26-27-28-29-30-31-32-33-34-35-36-37-38-39-40-41-42-44-46-48-50-52-54-56-63(68)74-61(60-73-65(64(69)70)71-58-57-66(3,4)5)59-72-62(67)55-53-51-49-47-45-43-21-19-17-15-13-11-9-7-2/h8,10,13-16,19-22,24-25,27-28,30-31,33-34,36-37,61,65H,6-7,9,11-12,17-18,23,26,29,32,35,38-60H2,1-5H3/b10-8-,15-13-,16-14-,21-19-,22-20-,25-24-,28-27-,31-30-,34-33-,37-36-.